The lowest BCUT2D eigenvalue weighted by Crippen LogP contribution is -1.96. The van der Waals surface area contributed by atoms with Gasteiger partial charge in [-0.3, -0.25) is 0 Å². The average molecular weight is 135 g/mol. The smallest absolute Gasteiger partial charge is 0.197 e. The van der Waals surface area contributed by atoms with Crippen LogP contribution in [0.25, 0.3) is 5.65 Å². The first-order chi connectivity index (χ1) is 4.88. The molecule has 0 saturated carbocycles. The van der Waals surface area contributed by atoms with Crippen LogP contribution in [0.5, 0.6) is 0 Å². The minimum Gasteiger partial charge on any atom is -0.236 e. The number of hydrogen-bond donors (Lipinski definition) is 0. The lowest BCUT2D eigenvalue weighted by Gasteiger charge is -1.89. The van der Waals surface area contributed by atoms with Gasteiger partial charge in [-0.2, -0.15) is 0 Å². The summed E-state index contributed by atoms with van der Waals surface area (Å²) in [6.07, 6.45) is 2.91. The van der Waals surface area contributed by atoms with Crippen molar-refractivity contribution in [2.75, 3.05) is 0 Å². The molecular weight excluding hydrogens is 130 g/mol. The van der Waals surface area contributed by atoms with E-state index in [9.17, 15) is 0 Å². The van der Waals surface area contributed by atoms with Crippen molar-refractivity contribution < 1.29 is 0 Å². The molecule has 0 spiro atoms. The fourth-order valence-corrected chi connectivity index (χ4v) is 0.777. The molecule has 0 radical (unpaired) electrons. The molecule has 0 aliphatic heterocycles. The largest absolute Gasteiger partial charge is 0.236 e. The van der Waals surface area contributed by atoms with Crippen molar-refractivity contribution in [3.63, 3.8) is 0 Å². The zero-order valence-electron chi connectivity index (χ0n) is 5.39. The number of rotatable bonds is 0. The van der Waals surface area contributed by atoms with Crippen molar-refractivity contribution in [3.8, 4) is 0 Å². The number of aromatic nitrogens is 5. The van der Waals surface area contributed by atoms with Crippen LogP contribution >= 0.6 is 0 Å². The van der Waals surface area contributed by atoms with Gasteiger partial charge in [0.1, 0.15) is 12.7 Å². The Morgan fingerprint density at radius 3 is 2.60 bits per heavy atom. The highest BCUT2D eigenvalue weighted by molar-refractivity contribution is 5.38. The number of hydrogen-bond acceptors (Lipinski definition) is 4. The molecule has 10 heavy (non-hydrogen) atoms. The zero-order chi connectivity index (χ0) is 6.97. The molecular formula is C5H5N5. The first-order valence-corrected chi connectivity index (χ1v) is 2.85. The average Bonchev–Trinajstić information content (AvgIpc) is 2.36. The predicted octanol–water partition coefficient (Wildman–Crippen LogP) is -0.172. The Bertz CT molecular complexity index is 352. The van der Waals surface area contributed by atoms with Crippen LogP contribution in [0.1, 0.15) is 5.69 Å². The second-order valence-electron chi connectivity index (χ2n) is 1.92. The standard InChI is InChI=1S/C5H5N5/c1-4-5-7-3-9-10(5)8-2-6-4/h2-3H,1H3. The molecule has 0 bridgehead atoms. The quantitative estimate of drug-likeness (QED) is 0.503. The molecule has 0 fully saturated rings. The van der Waals surface area contributed by atoms with Crippen LogP contribution in [0.2, 0.25) is 0 Å². The number of aryl methyl sites for hydroxylation is 1. The van der Waals surface area contributed by atoms with Gasteiger partial charge in [0, 0.05) is 0 Å². The minimum atomic E-state index is 0.711. The molecule has 0 amide bonds. The summed E-state index contributed by atoms with van der Waals surface area (Å²) in [4.78, 5) is 7.89. The topological polar surface area (TPSA) is 56.0 Å². The Labute approximate surface area is 56.7 Å². The molecule has 2 rings (SSSR count). The highest BCUT2D eigenvalue weighted by atomic mass is 15.4. The van der Waals surface area contributed by atoms with Crippen LogP contribution in [0.3, 0.4) is 0 Å². The highest BCUT2D eigenvalue weighted by Gasteiger charge is 1.97. The van der Waals surface area contributed by atoms with E-state index in [1.54, 1.807) is 0 Å². The van der Waals surface area contributed by atoms with Crippen molar-refractivity contribution in [3.05, 3.63) is 18.3 Å². The van der Waals surface area contributed by atoms with Gasteiger partial charge in [0.05, 0.1) is 5.69 Å². The van der Waals surface area contributed by atoms with Crippen LogP contribution in [0.4, 0.5) is 0 Å². The maximum absolute atomic E-state index is 3.95. The predicted molar refractivity (Wildman–Crippen MR) is 33.3 cm³/mol. The molecule has 0 saturated heterocycles. The summed E-state index contributed by atoms with van der Waals surface area (Å²) < 4.78 is 1.45. The van der Waals surface area contributed by atoms with E-state index in [-0.39, 0.29) is 0 Å². The molecule has 2 aromatic heterocycles. The SMILES string of the molecule is Cc1ncnn2ncnc12. The van der Waals surface area contributed by atoms with Gasteiger partial charge >= 0.3 is 0 Å². The van der Waals surface area contributed by atoms with Crippen molar-refractivity contribution >= 4 is 5.65 Å². The summed E-state index contributed by atoms with van der Waals surface area (Å²) in [6.45, 7) is 1.87. The van der Waals surface area contributed by atoms with E-state index in [1.165, 1.54) is 17.3 Å². The molecule has 2 aromatic rings. The Morgan fingerprint density at radius 2 is 1.90 bits per heavy atom. The van der Waals surface area contributed by atoms with Crippen molar-refractivity contribution in [2.24, 2.45) is 0 Å². The minimum absolute atomic E-state index is 0.711. The van der Waals surface area contributed by atoms with Gasteiger partial charge in [0.25, 0.3) is 0 Å². The van der Waals surface area contributed by atoms with Crippen LogP contribution in [0.15, 0.2) is 12.7 Å². The Balaban J connectivity index is 2.95. The molecule has 0 unspecified atom stereocenters. The second-order valence-corrected chi connectivity index (χ2v) is 1.92. The van der Waals surface area contributed by atoms with Crippen molar-refractivity contribution in [2.45, 2.75) is 6.92 Å². The van der Waals surface area contributed by atoms with E-state index in [1.807, 2.05) is 6.92 Å². The molecule has 0 N–H and O–H groups in total. The summed E-state index contributed by atoms with van der Waals surface area (Å²) in [7, 11) is 0. The van der Waals surface area contributed by atoms with Crippen molar-refractivity contribution in [1.82, 2.24) is 24.8 Å². The Morgan fingerprint density at radius 1 is 1.20 bits per heavy atom. The lowest BCUT2D eigenvalue weighted by atomic mass is 10.5. The van der Waals surface area contributed by atoms with Crippen LogP contribution in [-0.2, 0) is 0 Å². The summed E-state index contributed by atoms with van der Waals surface area (Å²) in [5.74, 6) is 0. The summed E-state index contributed by atoms with van der Waals surface area (Å²) >= 11 is 0. The van der Waals surface area contributed by atoms with Gasteiger partial charge in [-0.15, -0.1) is 14.8 Å². The fourth-order valence-electron chi connectivity index (χ4n) is 0.777. The van der Waals surface area contributed by atoms with Crippen LogP contribution in [-0.4, -0.2) is 24.8 Å². The van der Waals surface area contributed by atoms with Gasteiger partial charge in [-0.25, -0.2) is 9.97 Å². The normalized spacial score (nSPS) is 10.5. The first kappa shape index (κ1) is 5.28. The van der Waals surface area contributed by atoms with Gasteiger partial charge in [-0.05, 0) is 6.92 Å². The van der Waals surface area contributed by atoms with Gasteiger partial charge in [-0.1, -0.05) is 0 Å². The third-order valence-electron chi connectivity index (χ3n) is 1.27. The van der Waals surface area contributed by atoms with Crippen LogP contribution < -0.4 is 0 Å². The molecule has 5 nitrogen and oxygen atoms in total. The molecule has 0 atom stereocenters. The summed E-state index contributed by atoms with van der Waals surface area (Å²) in [6, 6.07) is 0. The molecule has 50 valence electrons. The lowest BCUT2D eigenvalue weighted by molar-refractivity contribution is 0.773. The first-order valence-electron chi connectivity index (χ1n) is 2.85. The third-order valence-corrected chi connectivity index (χ3v) is 1.27. The zero-order valence-corrected chi connectivity index (χ0v) is 5.39. The highest BCUT2D eigenvalue weighted by Crippen LogP contribution is 1.96. The number of nitrogens with zero attached hydrogens (tertiary/aromatic N) is 5. The van der Waals surface area contributed by atoms with E-state index >= 15 is 0 Å². The Hall–Kier alpha value is -1.52. The summed E-state index contributed by atoms with van der Waals surface area (Å²) in [5.41, 5.74) is 1.55. The van der Waals surface area contributed by atoms with E-state index in [4.69, 9.17) is 0 Å². The molecule has 0 aromatic carbocycles. The van der Waals surface area contributed by atoms with E-state index in [0.717, 1.165) is 5.69 Å². The molecule has 2 heterocycles. The van der Waals surface area contributed by atoms with E-state index in [0.29, 0.717) is 5.65 Å². The van der Waals surface area contributed by atoms with Gasteiger partial charge in [0.15, 0.2) is 5.65 Å². The van der Waals surface area contributed by atoms with Gasteiger partial charge in [0.2, 0.25) is 0 Å². The fraction of sp³-hybridized carbons (Fsp3) is 0.200. The second kappa shape index (κ2) is 1.73. The monoisotopic (exact) mass is 135 g/mol. The molecule has 5 heteroatoms. The van der Waals surface area contributed by atoms with Crippen LogP contribution in [0, 0.1) is 6.92 Å². The third kappa shape index (κ3) is 0.570. The van der Waals surface area contributed by atoms with E-state index in [2.05, 4.69) is 20.2 Å². The Kier molecular flexibility index (Phi) is 0.913. The molecule has 0 aliphatic carbocycles. The van der Waals surface area contributed by atoms with E-state index < -0.39 is 0 Å². The number of fused-ring (bicyclic) bond motifs is 1. The van der Waals surface area contributed by atoms with Crippen molar-refractivity contribution in [1.29, 1.82) is 0 Å². The summed E-state index contributed by atoms with van der Waals surface area (Å²) in [5, 5.41) is 7.67. The maximum Gasteiger partial charge on any atom is 0.197 e. The maximum atomic E-state index is 3.95. The van der Waals surface area contributed by atoms with Gasteiger partial charge < -0.3 is 0 Å². The molecule has 0 aliphatic rings.